The van der Waals surface area contributed by atoms with Crippen molar-refractivity contribution in [3.8, 4) is 5.95 Å². The molecule has 1 aliphatic heterocycles. The number of fused-ring (bicyclic) bond motifs is 2. The SMILES string of the molecule is Cc1cc2c(B(O)O)cccc2n1-c1nc2c(c(NCc3ccccc3)n1)CCN2. The summed E-state index contributed by atoms with van der Waals surface area (Å²) in [4.78, 5) is 9.64. The molecule has 0 saturated heterocycles. The van der Waals surface area contributed by atoms with Gasteiger partial charge in [0.15, 0.2) is 0 Å². The van der Waals surface area contributed by atoms with E-state index in [2.05, 4.69) is 22.8 Å². The second kappa shape index (κ2) is 7.48. The average Bonchev–Trinajstić information content (AvgIpc) is 3.35. The van der Waals surface area contributed by atoms with Crippen LogP contribution < -0.4 is 16.1 Å². The van der Waals surface area contributed by atoms with Gasteiger partial charge >= 0.3 is 7.12 Å². The van der Waals surface area contributed by atoms with Gasteiger partial charge in [0.1, 0.15) is 11.6 Å². The number of benzene rings is 2. The fraction of sp³-hybridized carbons (Fsp3) is 0.182. The van der Waals surface area contributed by atoms with Crippen molar-refractivity contribution in [3.63, 3.8) is 0 Å². The molecule has 0 amide bonds. The number of aryl methyl sites for hydroxylation is 1. The minimum Gasteiger partial charge on any atom is -0.423 e. The Morgan fingerprint density at radius 1 is 1.10 bits per heavy atom. The lowest BCUT2D eigenvalue weighted by Crippen LogP contribution is -2.30. The highest BCUT2D eigenvalue weighted by molar-refractivity contribution is 6.61. The van der Waals surface area contributed by atoms with Gasteiger partial charge in [-0.15, -0.1) is 0 Å². The molecule has 0 saturated carbocycles. The molecule has 0 spiro atoms. The van der Waals surface area contributed by atoms with Gasteiger partial charge in [-0.2, -0.15) is 9.97 Å². The molecule has 0 radical (unpaired) electrons. The molecule has 0 bridgehead atoms. The molecule has 2 aromatic carbocycles. The molecular formula is C22H22BN5O2. The molecule has 3 heterocycles. The fourth-order valence-electron chi connectivity index (χ4n) is 4.07. The van der Waals surface area contributed by atoms with Gasteiger partial charge in [0.2, 0.25) is 5.95 Å². The zero-order valence-electron chi connectivity index (χ0n) is 16.6. The lowest BCUT2D eigenvalue weighted by molar-refractivity contribution is 0.426. The van der Waals surface area contributed by atoms with Gasteiger partial charge in [-0.25, -0.2) is 0 Å². The van der Waals surface area contributed by atoms with Crippen molar-refractivity contribution in [2.24, 2.45) is 0 Å². The van der Waals surface area contributed by atoms with Crippen molar-refractivity contribution in [2.75, 3.05) is 17.2 Å². The van der Waals surface area contributed by atoms with E-state index in [0.29, 0.717) is 18.0 Å². The lowest BCUT2D eigenvalue weighted by atomic mass is 9.78. The first-order valence-electron chi connectivity index (χ1n) is 10.0. The van der Waals surface area contributed by atoms with Gasteiger partial charge in [0.25, 0.3) is 0 Å². The summed E-state index contributed by atoms with van der Waals surface area (Å²) < 4.78 is 1.95. The van der Waals surface area contributed by atoms with Gasteiger partial charge < -0.3 is 20.7 Å². The van der Waals surface area contributed by atoms with Crippen LogP contribution in [0, 0.1) is 6.92 Å². The van der Waals surface area contributed by atoms with Gasteiger partial charge in [0.05, 0.1) is 5.52 Å². The highest BCUT2D eigenvalue weighted by atomic mass is 16.4. The van der Waals surface area contributed by atoms with Crippen LogP contribution in [-0.2, 0) is 13.0 Å². The summed E-state index contributed by atoms with van der Waals surface area (Å²) in [5, 5.41) is 27.1. The van der Waals surface area contributed by atoms with Crippen LogP contribution in [0.15, 0.2) is 54.6 Å². The Bertz CT molecular complexity index is 1220. The van der Waals surface area contributed by atoms with E-state index in [1.165, 1.54) is 5.56 Å². The number of anilines is 2. The fourth-order valence-corrected chi connectivity index (χ4v) is 4.07. The van der Waals surface area contributed by atoms with E-state index in [-0.39, 0.29) is 0 Å². The first-order valence-corrected chi connectivity index (χ1v) is 10.0. The third-order valence-corrected chi connectivity index (χ3v) is 5.51. The van der Waals surface area contributed by atoms with Crippen molar-refractivity contribution in [1.29, 1.82) is 0 Å². The Labute approximate surface area is 174 Å². The Morgan fingerprint density at radius 2 is 1.93 bits per heavy atom. The van der Waals surface area contributed by atoms with Crippen molar-refractivity contribution >= 4 is 35.1 Å². The first kappa shape index (κ1) is 18.7. The standard InChI is InChI=1S/C22H22BN5O2/c1-14-12-17-18(23(29)30)8-5-9-19(17)28(14)22-26-20-16(10-11-24-20)21(27-22)25-13-15-6-3-2-4-7-15/h2-9,12,29-30H,10-11,13H2,1H3,(H2,24,25,26,27). The van der Waals surface area contributed by atoms with E-state index >= 15 is 0 Å². The van der Waals surface area contributed by atoms with E-state index in [1.807, 2.05) is 47.9 Å². The number of aromatic nitrogens is 3. The zero-order chi connectivity index (χ0) is 20.7. The largest absolute Gasteiger partial charge is 0.489 e. The topological polar surface area (TPSA) is 95.2 Å². The number of hydrogen-bond acceptors (Lipinski definition) is 6. The number of nitrogens with one attached hydrogen (secondary N) is 2. The first-order chi connectivity index (χ1) is 14.6. The van der Waals surface area contributed by atoms with E-state index in [0.717, 1.165) is 46.8 Å². The third-order valence-electron chi connectivity index (χ3n) is 5.51. The van der Waals surface area contributed by atoms with Crippen molar-refractivity contribution in [1.82, 2.24) is 14.5 Å². The average molecular weight is 399 g/mol. The van der Waals surface area contributed by atoms with Gasteiger partial charge in [-0.1, -0.05) is 42.5 Å². The van der Waals surface area contributed by atoms with Gasteiger partial charge in [0, 0.05) is 29.7 Å². The molecule has 30 heavy (non-hydrogen) atoms. The quantitative estimate of drug-likeness (QED) is 0.384. The lowest BCUT2D eigenvalue weighted by Gasteiger charge is -2.14. The molecule has 2 aromatic heterocycles. The summed E-state index contributed by atoms with van der Waals surface area (Å²) in [7, 11) is -1.53. The molecule has 150 valence electrons. The minimum atomic E-state index is -1.53. The monoisotopic (exact) mass is 399 g/mol. The smallest absolute Gasteiger partial charge is 0.423 e. The molecule has 0 atom stereocenters. The molecule has 4 aromatic rings. The Hall–Kier alpha value is -3.36. The Balaban J connectivity index is 1.60. The van der Waals surface area contributed by atoms with Crippen LogP contribution in [0.4, 0.5) is 11.6 Å². The second-order valence-corrected chi connectivity index (χ2v) is 7.49. The maximum absolute atomic E-state index is 9.74. The maximum atomic E-state index is 9.74. The molecule has 0 fully saturated rings. The Morgan fingerprint density at radius 3 is 2.73 bits per heavy atom. The normalized spacial score (nSPS) is 12.6. The van der Waals surface area contributed by atoms with Crippen molar-refractivity contribution < 1.29 is 10.0 Å². The zero-order valence-corrected chi connectivity index (χ0v) is 16.6. The number of hydrogen-bond donors (Lipinski definition) is 4. The van der Waals surface area contributed by atoms with Crippen LogP contribution in [0.2, 0.25) is 0 Å². The molecule has 0 unspecified atom stereocenters. The summed E-state index contributed by atoms with van der Waals surface area (Å²) in [5.74, 6) is 2.22. The summed E-state index contributed by atoms with van der Waals surface area (Å²) in [6.45, 7) is 3.48. The molecular weight excluding hydrogens is 377 g/mol. The number of rotatable bonds is 5. The molecule has 1 aliphatic rings. The third kappa shape index (κ3) is 3.20. The van der Waals surface area contributed by atoms with E-state index < -0.39 is 7.12 Å². The Kier molecular flexibility index (Phi) is 4.65. The maximum Gasteiger partial charge on any atom is 0.489 e. The van der Waals surface area contributed by atoms with Crippen LogP contribution in [0.3, 0.4) is 0 Å². The molecule has 4 N–H and O–H groups in total. The summed E-state index contributed by atoms with van der Waals surface area (Å²) >= 11 is 0. The highest BCUT2D eigenvalue weighted by Crippen LogP contribution is 2.30. The van der Waals surface area contributed by atoms with E-state index in [4.69, 9.17) is 9.97 Å². The van der Waals surface area contributed by atoms with Gasteiger partial charge in [-0.3, -0.25) is 4.57 Å². The molecule has 5 rings (SSSR count). The van der Waals surface area contributed by atoms with Crippen LogP contribution >= 0.6 is 0 Å². The van der Waals surface area contributed by atoms with Crippen LogP contribution in [0.5, 0.6) is 0 Å². The van der Waals surface area contributed by atoms with Crippen LogP contribution in [0.25, 0.3) is 16.9 Å². The van der Waals surface area contributed by atoms with Gasteiger partial charge in [-0.05, 0) is 36.5 Å². The van der Waals surface area contributed by atoms with E-state index in [1.54, 1.807) is 6.07 Å². The second-order valence-electron chi connectivity index (χ2n) is 7.49. The predicted octanol–water partition coefficient (Wildman–Crippen LogP) is 1.99. The molecule has 7 nitrogen and oxygen atoms in total. The summed E-state index contributed by atoms with van der Waals surface area (Å²) in [6.07, 6.45) is 0.874. The number of nitrogens with zero attached hydrogens (tertiary/aromatic N) is 3. The molecule has 0 aliphatic carbocycles. The van der Waals surface area contributed by atoms with Crippen molar-refractivity contribution in [2.45, 2.75) is 19.9 Å². The minimum absolute atomic E-state index is 0.469. The van der Waals surface area contributed by atoms with Crippen LogP contribution in [0.1, 0.15) is 16.8 Å². The highest BCUT2D eigenvalue weighted by Gasteiger charge is 2.23. The summed E-state index contributed by atoms with van der Waals surface area (Å²) in [6, 6.07) is 17.6. The van der Waals surface area contributed by atoms with E-state index in [9.17, 15) is 10.0 Å². The van der Waals surface area contributed by atoms with Crippen LogP contribution in [-0.4, -0.2) is 38.2 Å². The predicted molar refractivity (Wildman–Crippen MR) is 119 cm³/mol. The molecule has 8 heteroatoms. The van der Waals surface area contributed by atoms with Crippen molar-refractivity contribution in [3.05, 3.63) is 71.4 Å². The summed E-state index contributed by atoms with van der Waals surface area (Å²) in [5.41, 5.74) is 4.50.